The van der Waals surface area contributed by atoms with Crippen molar-refractivity contribution in [3.05, 3.63) is 28.3 Å². The summed E-state index contributed by atoms with van der Waals surface area (Å²) in [5.74, 6) is 0.493. The number of nitriles is 2. The molecular formula is C19H26N6OS. The molecule has 2 rings (SSSR count). The molecule has 0 bridgehead atoms. The van der Waals surface area contributed by atoms with Gasteiger partial charge in [-0.15, -0.1) is 0 Å². The van der Waals surface area contributed by atoms with Crippen LogP contribution in [0.5, 0.6) is 0 Å². The number of aromatic nitrogens is 1. The Morgan fingerprint density at radius 1 is 1.44 bits per heavy atom. The third-order valence-electron chi connectivity index (χ3n) is 4.90. The van der Waals surface area contributed by atoms with E-state index in [1.807, 2.05) is 31.7 Å². The lowest BCUT2D eigenvalue weighted by Crippen LogP contribution is -2.51. The number of rotatable bonds is 5. The number of allylic oxidation sites excluding steroid dienone is 1. The Balaban J connectivity index is 2.58. The van der Waals surface area contributed by atoms with E-state index >= 15 is 0 Å². The van der Waals surface area contributed by atoms with E-state index in [9.17, 15) is 15.6 Å². The molecule has 27 heavy (non-hydrogen) atoms. The fraction of sp³-hybridized carbons (Fsp3) is 0.526. The SMILES string of the molecule is C/C=C(\C)C(N)Sc1nc(N2CCC(N)C(O)C2)c(C#N)c(CC)c1C#N. The summed E-state index contributed by atoms with van der Waals surface area (Å²) >= 11 is 1.31. The zero-order valence-electron chi connectivity index (χ0n) is 15.9. The largest absolute Gasteiger partial charge is 0.390 e. The molecule has 1 saturated heterocycles. The molecule has 1 aliphatic rings. The van der Waals surface area contributed by atoms with Gasteiger partial charge in [0.05, 0.1) is 22.6 Å². The van der Waals surface area contributed by atoms with Crippen LogP contribution in [0.15, 0.2) is 16.7 Å². The Labute approximate surface area is 164 Å². The predicted octanol–water partition coefficient (Wildman–Crippen LogP) is 1.63. The molecule has 0 radical (unpaired) electrons. The number of piperidine rings is 1. The van der Waals surface area contributed by atoms with Crippen LogP contribution in [0.25, 0.3) is 0 Å². The molecule has 1 fully saturated rings. The molecule has 0 saturated carbocycles. The first-order valence-corrected chi connectivity index (χ1v) is 9.86. The van der Waals surface area contributed by atoms with Crippen molar-refractivity contribution < 1.29 is 5.11 Å². The van der Waals surface area contributed by atoms with Crippen LogP contribution in [0, 0.1) is 22.7 Å². The van der Waals surface area contributed by atoms with E-state index in [1.165, 1.54) is 11.8 Å². The zero-order chi connectivity index (χ0) is 20.1. The average Bonchev–Trinajstić information content (AvgIpc) is 2.68. The summed E-state index contributed by atoms with van der Waals surface area (Å²) in [6, 6.07) is 4.13. The van der Waals surface area contributed by atoms with Gasteiger partial charge in [-0.1, -0.05) is 30.3 Å². The molecule has 1 aromatic rings. The number of nitrogens with two attached hydrogens (primary N) is 2. The van der Waals surface area contributed by atoms with Gasteiger partial charge in [0.2, 0.25) is 0 Å². The number of aliphatic hydroxyl groups excluding tert-OH is 1. The molecule has 3 unspecified atom stereocenters. The molecule has 5 N–H and O–H groups in total. The van der Waals surface area contributed by atoms with E-state index in [2.05, 4.69) is 17.1 Å². The Hall–Kier alpha value is -2.10. The second kappa shape index (κ2) is 9.20. The quantitative estimate of drug-likeness (QED) is 0.394. The highest BCUT2D eigenvalue weighted by Crippen LogP contribution is 2.35. The predicted molar refractivity (Wildman–Crippen MR) is 107 cm³/mol. The van der Waals surface area contributed by atoms with Crippen molar-refractivity contribution in [1.82, 2.24) is 4.98 Å². The number of aliphatic hydroxyl groups is 1. The molecule has 8 heteroatoms. The van der Waals surface area contributed by atoms with Crippen molar-refractivity contribution >= 4 is 17.6 Å². The van der Waals surface area contributed by atoms with Crippen molar-refractivity contribution in [3.63, 3.8) is 0 Å². The minimum Gasteiger partial charge on any atom is -0.390 e. The first-order chi connectivity index (χ1) is 12.9. The van der Waals surface area contributed by atoms with Gasteiger partial charge in [0.15, 0.2) is 0 Å². The molecule has 1 aliphatic heterocycles. The summed E-state index contributed by atoms with van der Waals surface area (Å²) in [7, 11) is 0. The van der Waals surface area contributed by atoms with Crippen LogP contribution in [0.2, 0.25) is 0 Å². The number of nitrogens with zero attached hydrogens (tertiary/aromatic N) is 4. The normalized spacial score (nSPS) is 21.5. The number of pyridine rings is 1. The third-order valence-corrected chi connectivity index (χ3v) is 6.05. The Kier molecular flexibility index (Phi) is 7.23. The molecule has 0 amide bonds. The maximum absolute atomic E-state index is 10.2. The highest BCUT2D eigenvalue weighted by Gasteiger charge is 2.30. The fourth-order valence-corrected chi connectivity index (χ4v) is 4.01. The van der Waals surface area contributed by atoms with E-state index in [-0.39, 0.29) is 11.4 Å². The maximum atomic E-state index is 10.2. The molecule has 1 aromatic heterocycles. The summed E-state index contributed by atoms with van der Waals surface area (Å²) < 4.78 is 0. The Morgan fingerprint density at radius 3 is 2.63 bits per heavy atom. The van der Waals surface area contributed by atoms with Crippen LogP contribution < -0.4 is 16.4 Å². The summed E-state index contributed by atoms with van der Waals surface area (Å²) in [5.41, 5.74) is 14.6. The van der Waals surface area contributed by atoms with Crippen molar-refractivity contribution in [3.8, 4) is 12.1 Å². The van der Waals surface area contributed by atoms with Crippen molar-refractivity contribution in [2.24, 2.45) is 11.5 Å². The van der Waals surface area contributed by atoms with Gasteiger partial charge in [-0.05, 0) is 32.3 Å². The van der Waals surface area contributed by atoms with Gasteiger partial charge in [0.25, 0.3) is 0 Å². The minimum atomic E-state index is -0.684. The zero-order valence-corrected chi connectivity index (χ0v) is 16.8. The Bertz CT molecular complexity index is 810. The van der Waals surface area contributed by atoms with Gasteiger partial charge >= 0.3 is 0 Å². The molecular weight excluding hydrogens is 360 g/mol. The minimum absolute atomic E-state index is 0.282. The van der Waals surface area contributed by atoms with Crippen molar-refractivity contribution in [2.75, 3.05) is 18.0 Å². The summed E-state index contributed by atoms with van der Waals surface area (Å²) in [4.78, 5) is 6.53. The first kappa shape index (κ1) is 21.2. The van der Waals surface area contributed by atoms with E-state index in [1.54, 1.807) is 0 Å². The molecule has 3 atom stereocenters. The Morgan fingerprint density at radius 2 is 2.11 bits per heavy atom. The average molecular weight is 387 g/mol. The van der Waals surface area contributed by atoms with E-state index < -0.39 is 6.10 Å². The second-order valence-corrected chi connectivity index (χ2v) is 7.71. The smallest absolute Gasteiger partial charge is 0.148 e. The topological polar surface area (TPSA) is 136 Å². The highest BCUT2D eigenvalue weighted by molar-refractivity contribution is 8.00. The second-order valence-electron chi connectivity index (χ2n) is 6.58. The molecule has 7 nitrogen and oxygen atoms in total. The van der Waals surface area contributed by atoms with Crippen LogP contribution in [0.3, 0.4) is 0 Å². The highest BCUT2D eigenvalue weighted by atomic mass is 32.2. The molecule has 0 aromatic carbocycles. The van der Waals surface area contributed by atoms with Gasteiger partial charge in [-0.2, -0.15) is 10.5 Å². The standard InChI is InChI=1S/C19H26N6OS/c1-4-11(3)17(23)27-19-14(9-21)12(5-2)13(8-20)18(24-19)25-7-6-15(22)16(26)10-25/h4,15-17,26H,5-7,10,22-23H2,1-3H3/b11-4+. The summed E-state index contributed by atoms with van der Waals surface area (Å²) in [6.07, 6.45) is 2.38. The lowest BCUT2D eigenvalue weighted by Gasteiger charge is -2.35. The van der Waals surface area contributed by atoms with Gasteiger partial charge in [-0.25, -0.2) is 4.98 Å². The van der Waals surface area contributed by atoms with Crippen LogP contribution >= 0.6 is 11.8 Å². The molecule has 0 spiro atoms. The number of β-amino-alcohol motifs (C(OH)–C–C–N with tert-alkyl or cyclic N) is 1. The van der Waals surface area contributed by atoms with E-state index in [0.29, 0.717) is 53.5 Å². The number of anilines is 1. The first-order valence-electron chi connectivity index (χ1n) is 8.98. The monoisotopic (exact) mass is 386 g/mol. The van der Waals surface area contributed by atoms with E-state index in [4.69, 9.17) is 11.5 Å². The van der Waals surface area contributed by atoms with Crippen LogP contribution in [0.1, 0.15) is 43.9 Å². The van der Waals surface area contributed by atoms with Gasteiger partial charge in [0.1, 0.15) is 23.0 Å². The van der Waals surface area contributed by atoms with Crippen LogP contribution in [-0.4, -0.2) is 40.7 Å². The van der Waals surface area contributed by atoms with E-state index in [0.717, 1.165) is 5.57 Å². The van der Waals surface area contributed by atoms with Gasteiger partial charge in [-0.3, -0.25) is 0 Å². The molecule has 0 aliphatic carbocycles. The van der Waals surface area contributed by atoms with Gasteiger partial charge < -0.3 is 21.5 Å². The number of hydrogen-bond acceptors (Lipinski definition) is 8. The van der Waals surface area contributed by atoms with Crippen molar-refractivity contribution in [2.45, 2.75) is 56.2 Å². The summed E-state index contributed by atoms with van der Waals surface area (Å²) in [6.45, 7) is 6.65. The third kappa shape index (κ3) is 4.42. The number of thioether (sulfide) groups is 1. The molecule has 144 valence electrons. The van der Waals surface area contributed by atoms with Gasteiger partial charge in [0, 0.05) is 19.1 Å². The maximum Gasteiger partial charge on any atom is 0.148 e. The summed E-state index contributed by atoms with van der Waals surface area (Å²) in [5, 5.41) is 29.8. The van der Waals surface area contributed by atoms with Crippen molar-refractivity contribution in [1.29, 1.82) is 10.5 Å². The lowest BCUT2D eigenvalue weighted by atomic mass is 9.99. The molecule has 2 heterocycles. The number of hydrogen-bond donors (Lipinski definition) is 3. The van der Waals surface area contributed by atoms with Crippen LogP contribution in [0.4, 0.5) is 5.82 Å². The fourth-order valence-electron chi connectivity index (χ4n) is 3.02. The lowest BCUT2D eigenvalue weighted by molar-refractivity contribution is 0.131. The van der Waals surface area contributed by atoms with Crippen LogP contribution in [-0.2, 0) is 6.42 Å².